The molecule has 0 unspecified atom stereocenters. The molecule has 0 saturated carbocycles. The van der Waals surface area contributed by atoms with Crippen LogP contribution >= 0.6 is 11.8 Å². The van der Waals surface area contributed by atoms with Crippen LogP contribution in [-0.4, -0.2) is 33.2 Å². The van der Waals surface area contributed by atoms with E-state index >= 15 is 0 Å². The average Bonchev–Trinajstić information content (AvgIpc) is 3.14. The van der Waals surface area contributed by atoms with Crippen molar-refractivity contribution in [3.05, 3.63) is 76.6 Å². The second kappa shape index (κ2) is 8.05. The number of amides is 1. The number of aromatic nitrogens is 2. The van der Waals surface area contributed by atoms with E-state index in [-0.39, 0.29) is 17.3 Å². The zero-order valence-corrected chi connectivity index (χ0v) is 15.7. The molecular weight excluding hydrogens is 364 g/mol. The zero-order valence-electron chi connectivity index (χ0n) is 14.9. The van der Waals surface area contributed by atoms with Crippen molar-refractivity contribution in [3.8, 4) is 5.69 Å². The molecule has 0 aliphatic heterocycles. The quantitative estimate of drug-likeness (QED) is 0.367. The Kier molecular flexibility index (Phi) is 5.56. The summed E-state index contributed by atoms with van der Waals surface area (Å²) >= 11 is 1.35. The number of aryl methyl sites for hydroxylation is 1. The van der Waals surface area contributed by atoms with Gasteiger partial charge in [-0.3, -0.25) is 19.5 Å². The number of para-hydroxylation sites is 1. The largest absolute Gasteiger partial charge is 0.315 e. The first-order valence-electron chi connectivity index (χ1n) is 8.20. The fourth-order valence-corrected chi connectivity index (χ4v) is 3.46. The van der Waals surface area contributed by atoms with Crippen LogP contribution in [0, 0.1) is 17.0 Å². The molecule has 1 heterocycles. The van der Waals surface area contributed by atoms with Crippen LogP contribution in [0.4, 0.5) is 11.4 Å². The molecule has 27 heavy (non-hydrogen) atoms. The molecule has 1 amide bonds. The van der Waals surface area contributed by atoms with Crippen molar-refractivity contribution in [2.24, 2.45) is 0 Å². The van der Waals surface area contributed by atoms with Crippen LogP contribution < -0.4 is 4.90 Å². The van der Waals surface area contributed by atoms with Crippen LogP contribution in [0.15, 0.2) is 66.1 Å². The number of nitro groups is 1. The first-order valence-corrected chi connectivity index (χ1v) is 9.19. The van der Waals surface area contributed by atoms with E-state index in [4.69, 9.17) is 0 Å². The molecule has 7 nitrogen and oxygen atoms in total. The number of imidazole rings is 1. The number of benzene rings is 2. The number of hydrogen-bond donors (Lipinski definition) is 0. The van der Waals surface area contributed by atoms with Crippen molar-refractivity contribution in [1.29, 1.82) is 0 Å². The van der Waals surface area contributed by atoms with Gasteiger partial charge < -0.3 is 4.90 Å². The van der Waals surface area contributed by atoms with Gasteiger partial charge in [-0.1, -0.05) is 30.0 Å². The lowest BCUT2D eigenvalue weighted by Gasteiger charge is -2.17. The summed E-state index contributed by atoms with van der Waals surface area (Å²) in [5.41, 5.74) is 2.74. The number of thioether (sulfide) groups is 1. The Bertz CT molecular complexity index is 969. The highest BCUT2D eigenvalue weighted by atomic mass is 32.2. The Morgan fingerprint density at radius 1 is 1.22 bits per heavy atom. The fraction of sp³-hybridized carbons (Fsp3) is 0.158. The summed E-state index contributed by atoms with van der Waals surface area (Å²) in [6.45, 7) is 2.03. The number of anilines is 1. The van der Waals surface area contributed by atoms with E-state index in [9.17, 15) is 14.9 Å². The van der Waals surface area contributed by atoms with Gasteiger partial charge in [-0.25, -0.2) is 4.98 Å². The molecule has 0 aliphatic rings. The van der Waals surface area contributed by atoms with Gasteiger partial charge in [0, 0.05) is 37.3 Å². The monoisotopic (exact) mass is 382 g/mol. The number of carbonyl (C=O) groups is 1. The number of nitro benzene ring substituents is 1. The Hall–Kier alpha value is -3.13. The minimum absolute atomic E-state index is 0.00534. The van der Waals surface area contributed by atoms with Gasteiger partial charge in [0.25, 0.3) is 5.69 Å². The summed E-state index contributed by atoms with van der Waals surface area (Å²) in [5, 5.41) is 11.5. The van der Waals surface area contributed by atoms with Crippen molar-refractivity contribution in [2.45, 2.75) is 12.1 Å². The highest BCUT2D eigenvalue weighted by Gasteiger charge is 2.15. The van der Waals surface area contributed by atoms with Crippen LogP contribution in [0.25, 0.3) is 5.69 Å². The predicted molar refractivity (Wildman–Crippen MR) is 106 cm³/mol. The Morgan fingerprint density at radius 3 is 2.59 bits per heavy atom. The first-order chi connectivity index (χ1) is 13.0. The van der Waals surface area contributed by atoms with Crippen LogP contribution in [-0.2, 0) is 4.79 Å². The van der Waals surface area contributed by atoms with E-state index in [2.05, 4.69) is 4.98 Å². The van der Waals surface area contributed by atoms with Crippen molar-refractivity contribution in [2.75, 3.05) is 17.7 Å². The molecule has 0 spiro atoms. The maximum atomic E-state index is 12.5. The molecule has 2 aromatic carbocycles. The second-order valence-electron chi connectivity index (χ2n) is 5.88. The summed E-state index contributed by atoms with van der Waals surface area (Å²) < 4.78 is 1.96. The third-order valence-corrected chi connectivity index (χ3v) is 5.08. The zero-order chi connectivity index (χ0) is 19.4. The van der Waals surface area contributed by atoms with E-state index in [0.717, 1.165) is 16.4 Å². The van der Waals surface area contributed by atoms with Gasteiger partial charge in [-0.15, -0.1) is 0 Å². The summed E-state index contributed by atoms with van der Waals surface area (Å²) in [5.74, 6) is 0.0873. The Balaban J connectivity index is 1.69. The van der Waals surface area contributed by atoms with Crippen LogP contribution in [0.1, 0.15) is 5.56 Å². The summed E-state index contributed by atoms with van der Waals surface area (Å²) in [4.78, 5) is 28.6. The van der Waals surface area contributed by atoms with Crippen LogP contribution in [0.5, 0.6) is 0 Å². The molecule has 138 valence electrons. The molecule has 1 aromatic heterocycles. The smallest absolute Gasteiger partial charge is 0.269 e. The lowest BCUT2D eigenvalue weighted by molar-refractivity contribution is -0.384. The normalized spacial score (nSPS) is 10.6. The molecule has 0 saturated heterocycles. The lowest BCUT2D eigenvalue weighted by atomic mass is 10.2. The molecule has 0 radical (unpaired) electrons. The van der Waals surface area contributed by atoms with Gasteiger partial charge in [0.05, 0.1) is 16.4 Å². The molecule has 0 aliphatic carbocycles. The van der Waals surface area contributed by atoms with E-state index in [0.29, 0.717) is 5.69 Å². The maximum Gasteiger partial charge on any atom is 0.269 e. The molecule has 0 bridgehead atoms. The number of hydrogen-bond acceptors (Lipinski definition) is 5. The first kappa shape index (κ1) is 18.7. The Morgan fingerprint density at radius 2 is 1.93 bits per heavy atom. The number of carbonyl (C=O) groups excluding carboxylic acids is 1. The summed E-state index contributed by atoms with van der Waals surface area (Å²) in [6.07, 6.45) is 3.58. The van der Waals surface area contributed by atoms with Gasteiger partial charge in [0.2, 0.25) is 5.91 Å². The molecular formula is C19H18N4O3S. The minimum atomic E-state index is -0.465. The maximum absolute atomic E-state index is 12.5. The fourth-order valence-electron chi connectivity index (χ4n) is 2.58. The topological polar surface area (TPSA) is 81.3 Å². The highest BCUT2D eigenvalue weighted by Crippen LogP contribution is 2.24. The molecule has 3 aromatic rings. The number of rotatable bonds is 6. The third-order valence-electron chi connectivity index (χ3n) is 4.13. The predicted octanol–water partition coefficient (Wildman–Crippen LogP) is 3.84. The molecule has 3 rings (SSSR count). The van der Waals surface area contributed by atoms with E-state index < -0.39 is 4.92 Å². The van der Waals surface area contributed by atoms with E-state index in [1.807, 2.05) is 42.0 Å². The van der Waals surface area contributed by atoms with Crippen molar-refractivity contribution in [1.82, 2.24) is 9.55 Å². The van der Waals surface area contributed by atoms with Gasteiger partial charge in [0.1, 0.15) is 0 Å². The van der Waals surface area contributed by atoms with Crippen LogP contribution in [0.2, 0.25) is 0 Å². The standard InChI is InChI=1S/C19H18N4O3S/c1-14-5-3-4-6-17(14)22-12-11-20-19(22)27-13-18(24)21(2)15-7-9-16(10-8-15)23(25)26/h3-12H,13H2,1-2H3. The Labute approximate surface area is 160 Å². The van der Waals surface area contributed by atoms with Gasteiger partial charge in [-0.05, 0) is 30.7 Å². The van der Waals surface area contributed by atoms with Gasteiger partial charge in [0.15, 0.2) is 5.16 Å². The van der Waals surface area contributed by atoms with Crippen molar-refractivity contribution >= 4 is 29.0 Å². The van der Waals surface area contributed by atoms with Crippen LogP contribution in [0.3, 0.4) is 0 Å². The third kappa shape index (κ3) is 4.17. The second-order valence-corrected chi connectivity index (χ2v) is 6.82. The summed E-state index contributed by atoms with van der Waals surface area (Å²) in [6, 6.07) is 13.9. The van der Waals surface area contributed by atoms with E-state index in [1.165, 1.54) is 28.8 Å². The van der Waals surface area contributed by atoms with Gasteiger partial charge in [-0.2, -0.15) is 0 Å². The molecule has 8 heteroatoms. The summed E-state index contributed by atoms with van der Waals surface area (Å²) in [7, 11) is 1.65. The lowest BCUT2D eigenvalue weighted by Crippen LogP contribution is -2.28. The SMILES string of the molecule is Cc1ccccc1-n1ccnc1SCC(=O)N(C)c1ccc([N+](=O)[O-])cc1. The average molecular weight is 382 g/mol. The molecule has 0 N–H and O–H groups in total. The van der Waals surface area contributed by atoms with Crippen molar-refractivity contribution in [3.63, 3.8) is 0 Å². The number of nitrogens with zero attached hydrogens (tertiary/aromatic N) is 4. The number of non-ortho nitro benzene ring substituents is 1. The highest BCUT2D eigenvalue weighted by molar-refractivity contribution is 7.99. The minimum Gasteiger partial charge on any atom is -0.315 e. The van der Waals surface area contributed by atoms with E-state index in [1.54, 1.807) is 25.4 Å². The molecule has 0 fully saturated rings. The molecule has 0 atom stereocenters. The van der Waals surface area contributed by atoms with Crippen molar-refractivity contribution < 1.29 is 9.72 Å². The van der Waals surface area contributed by atoms with Gasteiger partial charge >= 0.3 is 0 Å².